The predicted octanol–water partition coefficient (Wildman–Crippen LogP) is 3.61. The van der Waals surface area contributed by atoms with Crippen LogP contribution in [-0.4, -0.2) is 36.3 Å². The summed E-state index contributed by atoms with van der Waals surface area (Å²) in [6.45, 7) is 5.57. The number of phenolic OH excluding ortho intramolecular Hbond substituents is 2. The first kappa shape index (κ1) is 18.7. The standard InChI is InChI=1S/C16H19N3O5S/c1-3-19(4-2)11-5-7-13(16(21)9-11)17-18-14-10-12(25(22,23)24)6-8-15(14)20/h5-10,20-21H,3-4H2,1-2H3,(H,22,23,24). The molecule has 0 fully saturated rings. The van der Waals surface area contributed by atoms with Crippen molar-refractivity contribution in [1.82, 2.24) is 0 Å². The summed E-state index contributed by atoms with van der Waals surface area (Å²) in [4.78, 5) is 1.63. The van der Waals surface area contributed by atoms with Crippen LogP contribution in [-0.2, 0) is 10.1 Å². The third-order valence-corrected chi connectivity index (χ3v) is 4.45. The van der Waals surface area contributed by atoms with Gasteiger partial charge in [-0.05, 0) is 44.2 Å². The maximum absolute atomic E-state index is 11.1. The van der Waals surface area contributed by atoms with Gasteiger partial charge in [0, 0.05) is 24.8 Å². The molecule has 25 heavy (non-hydrogen) atoms. The van der Waals surface area contributed by atoms with Gasteiger partial charge in [0.1, 0.15) is 22.9 Å². The van der Waals surface area contributed by atoms with Crippen LogP contribution in [0.2, 0.25) is 0 Å². The summed E-state index contributed by atoms with van der Waals surface area (Å²) < 4.78 is 31.3. The number of phenols is 2. The monoisotopic (exact) mass is 365 g/mol. The normalized spacial score (nSPS) is 11.8. The number of nitrogens with zero attached hydrogens (tertiary/aromatic N) is 3. The van der Waals surface area contributed by atoms with Gasteiger partial charge in [-0.25, -0.2) is 0 Å². The van der Waals surface area contributed by atoms with Gasteiger partial charge in [0.05, 0.1) is 4.90 Å². The Labute approximate surface area is 145 Å². The van der Waals surface area contributed by atoms with Crippen molar-refractivity contribution in [3.63, 3.8) is 0 Å². The van der Waals surface area contributed by atoms with Crippen LogP contribution >= 0.6 is 0 Å². The van der Waals surface area contributed by atoms with Gasteiger partial charge < -0.3 is 15.1 Å². The van der Waals surface area contributed by atoms with E-state index in [4.69, 9.17) is 4.55 Å². The molecular formula is C16H19N3O5S. The maximum Gasteiger partial charge on any atom is 0.294 e. The summed E-state index contributed by atoms with van der Waals surface area (Å²) in [6.07, 6.45) is 0. The number of hydrogen-bond donors (Lipinski definition) is 3. The zero-order valence-electron chi connectivity index (χ0n) is 13.8. The molecular weight excluding hydrogens is 346 g/mol. The Balaban J connectivity index is 2.34. The molecule has 9 heteroatoms. The minimum atomic E-state index is -4.42. The largest absolute Gasteiger partial charge is 0.506 e. The lowest BCUT2D eigenvalue weighted by Gasteiger charge is -2.21. The van der Waals surface area contributed by atoms with Crippen LogP contribution < -0.4 is 4.90 Å². The molecule has 0 bridgehead atoms. The second kappa shape index (κ2) is 7.49. The van der Waals surface area contributed by atoms with E-state index < -0.39 is 15.0 Å². The predicted molar refractivity (Wildman–Crippen MR) is 93.8 cm³/mol. The second-order valence-electron chi connectivity index (χ2n) is 5.17. The van der Waals surface area contributed by atoms with E-state index in [0.29, 0.717) is 0 Å². The van der Waals surface area contributed by atoms with Gasteiger partial charge in [0.2, 0.25) is 0 Å². The van der Waals surface area contributed by atoms with Crippen molar-refractivity contribution in [2.24, 2.45) is 10.2 Å². The van der Waals surface area contributed by atoms with Crippen molar-refractivity contribution in [1.29, 1.82) is 0 Å². The highest BCUT2D eigenvalue weighted by atomic mass is 32.2. The summed E-state index contributed by atoms with van der Waals surface area (Å²) >= 11 is 0. The molecule has 0 amide bonds. The summed E-state index contributed by atoms with van der Waals surface area (Å²) in [6, 6.07) is 8.00. The lowest BCUT2D eigenvalue weighted by atomic mass is 10.2. The van der Waals surface area contributed by atoms with Crippen molar-refractivity contribution in [3.8, 4) is 11.5 Å². The van der Waals surface area contributed by atoms with Gasteiger partial charge >= 0.3 is 0 Å². The van der Waals surface area contributed by atoms with E-state index in [1.54, 1.807) is 18.2 Å². The zero-order valence-corrected chi connectivity index (χ0v) is 14.6. The Kier molecular flexibility index (Phi) is 5.60. The van der Waals surface area contributed by atoms with Crippen molar-refractivity contribution in [2.75, 3.05) is 18.0 Å². The highest BCUT2D eigenvalue weighted by Gasteiger charge is 2.13. The molecule has 8 nitrogen and oxygen atoms in total. The molecule has 0 radical (unpaired) electrons. The topological polar surface area (TPSA) is 123 Å². The molecule has 134 valence electrons. The Morgan fingerprint density at radius 1 is 0.920 bits per heavy atom. The van der Waals surface area contributed by atoms with E-state index in [9.17, 15) is 18.6 Å². The smallest absolute Gasteiger partial charge is 0.294 e. The lowest BCUT2D eigenvalue weighted by molar-refractivity contribution is 0.472. The van der Waals surface area contributed by atoms with Gasteiger partial charge in [-0.15, -0.1) is 10.2 Å². The number of benzene rings is 2. The van der Waals surface area contributed by atoms with Crippen molar-refractivity contribution in [2.45, 2.75) is 18.7 Å². The van der Waals surface area contributed by atoms with Gasteiger partial charge in [-0.1, -0.05) is 0 Å². The van der Waals surface area contributed by atoms with E-state index in [1.165, 1.54) is 0 Å². The molecule has 0 atom stereocenters. The molecule has 2 aromatic carbocycles. The Morgan fingerprint density at radius 2 is 1.56 bits per heavy atom. The molecule has 2 rings (SSSR count). The van der Waals surface area contributed by atoms with E-state index in [0.717, 1.165) is 37.0 Å². The molecule has 3 N–H and O–H groups in total. The minimum Gasteiger partial charge on any atom is -0.506 e. The first-order valence-electron chi connectivity index (χ1n) is 7.56. The fourth-order valence-electron chi connectivity index (χ4n) is 2.23. The molecule has 0 spiro atoms. The van der Waals surface area contributed by atoms with Crippen LogP contribution in [0.4, 0.5) is 17.1 Å². The fraction of sp³-hybridized carbons (Fsp3) is 0.250. The third kappa shape index (κ3) is 4.46. The molecule has 0 saturated heterocycles. The Morgan fingerprint density at radius 3 is 2.12 bits per heavy atom. The van der Waals surface area contributed by atoms with Crippen molar-refractivity contribution >= 4 is 27.2 Å². The number of aromatic hydroxyl groups is 2. The minimum absolute atomic E-state index is 0.0985. The number of azo groups is 1. The number of hydrogen-bond acceptors (Lipinski definition) is 7. The molecule has 0 aliphatic carbocycles. The third-order valence-electron chi connectivity index (χ3n) is 3.60. The average molecular weight is 365 g/mol. The highest BCUT2D eigenvalue weighted by molar-refractivity contribution is 7.85. The molecule has 0 aromatic heterocycles. The first-order chi connectivity index (χ1) is 11.8. The molecule has 2 aromatic rings. The summed E-state index contributed by atoms with van der Waals surface area (Å²) in [5.41, 5.74) is 0.840. The van der Waals surface area contributed by atoms with Crippen LogP contribution in [0, 0.1) is 0 Å². The lowest BCUT2D eigenvalue weighted by Crippen LogP contribution is -2.21. The van der Waals surface area contributed by atoms with Crippen molar-refractivity contribution in [3.05, 3.63) is 36.4 Å². The summed E-state index contributed by atoms with van der Waals surface area (Å²) in [5.74, 6) is -0.408. The highest BCUT2D eigenvalue weighted by Crippen LogP contribution is 2.35. The maximum atomic E-state index is 11.1. The van der Waals surface area contributed by atoms with Crippen LogP contribution in [0.1, 0.15) is 13.8 Å². The van der Waals surface area contributed by atoms with Gasteiger partial charge in [-0.2, -0.15) is 8.42 Å². The van der Waals surface area contributed by atoms with Gasteiger partial charge in [0.15, 0.2) is 0 Å². The second-order valence-corrected chi connectivity index (χ2v) is 6.59. The quantitative estimate of drug-likeness (QED) is 0.531. The molecule has 0 aliphatic rings. The van der Waals surface area contributed by atoms with E-state index >= 15 is 0 Å². The number of rotatable bonds is 6. The summed E-state index contributed by atoms with van der Waals surface area (Å²) in [5, 5.41) is 27.4. The fourth-order valence-corrected chi connectivity index (χ4v) is 2.73. The van der Waals surface area contributed by atoms with E-state index in [-0.39, 0.29) is 22.9 Å². The van der Waals surface area contributed by atoms with Crippen molar-refractivity contribution < 1.29 is 23.2 Å². The average Bonchev–Trinajstić information content (AvgIpc) is 2.55. The Hall–Kier alpha value is -2.65. The molecule has 0 heterocycles. The van der Waals surface area contributed by atoms with Crippen LogP contribution in [0.5, 0.6) is 11.5 Å². The Bertz CT molecular complexity index is 893. The van der Waals surface area contributed by atoms with Crippen LogP contribution in [0.15, 0.2) is 51.5 Å². The molecule has 0 unspecified atom stereocenters. The zero-order chi connectivity index (χ0) is 18.6. The van der Waals surface area contributed by atoms with E-state index in [2.05, 4.69) is 10.2 Å². The van der Waals surface area contributed by atoms with Gasteiger partial charge in [-0.3, -0.25) is 4.55 Å². The van der Waals surface area contributed by atoms with Crippen LogP contribution in [0.25, 0.3) is 0 Å². The van der Waals surface area contributed by atoms with E-state index in [1.807, 2.05) is 18.7 Å². The van der Waals surface area contributed by atoms with Crippen LogP contribution in [0.3, 0.4) is 0 Å². The molecule has 0 aliphatic heterocycles. The summed E-state index contributed by atoms with van der Waals surface area (Å²) in [7, 11) is -4.42. The SMILES string of the molecule is CCN(CC)c1ccc(N=Nc2cc(S(=O)(=O)O)ccc2O)c(O)c1. The van der Waals surface area contributed by atoms with Gasteiger partial charge in [0.25, 0.3) is 10.1 Å². The molecule has 0 saturated carbocycles. The first-order valence-corrected chi connectivity index (χ1v) is 9.00. The number of anilines is 1.